The summed E-state index contributed by atoms with van der Waals surface area (Å²) in [5, 5.41) is 18.4. The molecule has 6 heteroatoms. The SMILES string of the molecule is N#Cc1ccccc1OCc1ccc(C(=O)[C@@H](C#N)c2ccccn2)o1. The van der Waals surface area contributed by atoms with Crippen molar-refractivity contribution in [2.24, 2.45) is 0 Å². The van der Waals surface area contributed by atoms with Gasteiger partial charge in [-0.3, -0.25) is 9.78 Å². The number of nitriles is 2. The summed E-state index contributed by atoms with van der Waals surface area (Å²) in [6.07, 6.45) is 1.53. The maximum absolute atomic E-state index is 12.5. The lowest BCUT2D eigenvalue weighted by Gasteiger charge is -2.06. The molecule has 2 aromatic heterocycles. The van der Waals surface area contributed by atoms with Gasteiger partial charge in [0.1, 0.15) is 24.2 Å². The first-order valence-corrected chi connectivity index (χ1v) is 7.78. The van der Waals surface area contributed by atoms with Crippen LogP contribution in [0.25, 0.3) is 0 Å². The molecule has 1 atom stereocenters. The van der Waals surface area contributed by atoms with Gasteiger partial charge in [0.25, 0.3) is 0 Å². The molecule has 0 spiro atoms. The van der Waals surface area contributed by atoms with Crippen LogP contribution in [0.3, 0.4) is 0 Å². The minimum atomic E-state index is -1.03. The monoisotopic (exact) mass is 343 g/mol. The third-order valence-electron chi connectivity index (χ3n) is 3.66. The molecular weight excluding hydrogens is 330 g/mol. The number of nitrogens with zero attached hydrogens (tertiary/aromatic N) is 3. The summed E-state index contributed by atoms with van der Waals surface area (Å²) >= 11 is 0. The van der Waals surface area contributed by atoms with E-state index in [9.17, 15) is 10.1 Å². The summed E-state index contributed by atoms with van der Waals surface area (Å²) in [5.41, 5.74) is 0.784. The Bertz CT molecular complexity index is 997. The van der Waals surface area contributed by atoms with Crippen molar-refractivity contribution in [3.63, 3.8) is 0 Å². The second-order valence-electron chi connectivity index (χ2n) is 5.34. The molecule has 0 amide bonds. The molecule has 0 aliphatic rings. The molecule has 0 radical (unpaired) electrons. The Morgan fingerprint density at radius 1 is 1.12 bits per heavy atom. The van der Waals surface area contributed by atoms with E-state index in [4.69, 9.17) is 14.4 Å². The Morgan fingerprint density at radius 2 is 1.92 bits per heavy atom. The average Bonchev–Trinajstić information content (AvgIpc) is 3.17. The largest absolute Gasteiger partial charge is 0.484 e. The van der Waals surface area contributed by atoms with Gasteiger partial charge in [0.15, 0.2) is 11.7 Å². The molecule has 0 aliphatic heterocycles. The molecule has 3 aromatic rings. The van der Waals surface area contributed by atoms with Gasteiger partial charge in [-0.2, -0.15) is 10.5 Å². The zero-order valence-electron chi connectivity index (χ0n) is 13.6. The number of aromatic nitrogens is 1. The van der Waals surface area contributed by atoms with Gasteiger partial charge in [-0.15, -0.1) is 0 Å². The molecule has 2 heterocycles. The predicted molar refractivity (Wildman–Crippen MR) is 91.1 cm³/mol. The number of ketones is 1. The minimum absolute atomic E-state index is 0.0623. The van der Waals surface area contributed by atoms with Crippen LogP contribution in [0.2, 0.25) is 0 Å². The molecule has 0 bridgehead atoms. The van der Waals surface area contributed by atoms with Crippen LogP contribution in [0.1, 0.15) is 33.5 Å². The van der Waals surface area contributed by atoms with E-state index in [0.29, 0.717) is 22.8 Å². The Morgan fingerprint density at radius 3 is 2.65 bits per heavy atom. The smallest absolute Gasteiger partial charge is 0.221 e. The maximum Gasteiger partial charge on any atom is 0.221 e. The van der Waals surface area contributed by atoms with Crippen molar-refractivity contribution in [2.75, 3.05) is 0 Å². The van der Waals surface area contributed by atoms with Crippen LogP contribution in [0.4, 0.5) is 0 Å². The number of furan rings is 1. The molecule has 1 aromatic carbocycles. The second-order valence-corrected chi connectivity index (χ2v) is 5.34. The Labute approximate surface area is 149 Å². The van der Waals surface area contributed by atoms with Crippen LogP contribution in [0.15, 0.2) is 65.2 Å². The normalized spacial score (nSPS) is 11.2. The zero-order valence-corrected chi connectivity index (χ0v) is 13.6. The first kappa shape index (κ1) is 16.9. The Kier molecular flexibility index (Phi) is 5.07. The van der Waals surface area contributed by atoms with Crippen molar-refractivity contribution in [1.82, 2.24) is 4.98 Å². The number of carbonyl (C=O) groups is 1. The number of hydrogen-bond acceptors (Lipinski definition) is 6. The number of ether oxygens (including phenoxy) is 1. The van der Waals surface area contributed by atoms with Gasteiger partial charge in [0.2, 0.25) is 5.78 Å². The molecule has 6 nitrogen and oxygen atoms in total. The van der Waals surface area contributed by atoms with Crippen LogP contribution in [0.5, 0.6) is 5.75 Å². The maximum atomic E-state index is 12.5. The average molecular weight is 343 g/mol. The molecule has 0 fully saturated rings. The van der Waals surface area contributed by atoms with Gasteiger partial charge in [0, 0.05) is 6.20 Å². The Hall–Kier alpha value is -3.90. The fourth-order valence-electron chi connectivity index (χ4n) is 2.37. The first-order chi connectivity index (χ1) is 12.7. The van der Waals surface area contributed by atoms with E-state index in [1.165, 1.54) is 12.3 Å². The van der Waals surface area contributed by atoms with Gasteiger partial charge < -0.3 is 9.15 Å². The van der Waals surface area contributed by atoms with Gasteiger partial charge in [-0.1, -0.05) is 18.2 Å². The summed E-state index contributed by atoms with van der Waals surface area (Å²) in [6.45, 7) is 0.0623. The summed E-state index contributed by atoms with van der Waals surface area (Å²) in [7, 11) is 0. The fourth-order valence-corrected chi connectivity index (χ4v) is 2.37. The van der Waals surface area contributed by atoms with E-state index in [0.717, 1.165) is 0 Å². The van der Waals surface area contributed by atoms with E-state index in [1.54, 1.807) is 48.5 Å². The molecule has 3 rings (SSSR count). The standard InChI is InChI=1S/C20H13N3O3/c21-11-14-5-1-2-7-18(14)25-13-15-8-9-19(26-15)20(24)16(12-22)17-6-3-4-10-23-17/h1-10,16H,13H2/t16-/m0/s1. The highest BCUT2D eigenvalue weighted by Gasteiger charge is 2.25. The lowest BCUT2D eigenvalue weighted by molar-refractivity contribution is 0.0946. The van der Waals surface area contributed by atoms with Crippen LogP contribution in [-0.2, 0) is 6.61 Å². The Balaban J connectivity index is 1.72. The predicted octanol–water partition coefficient (Wildman–Crippen LogP) is 3.62. The van der Waals surface area contributed by atoms with Crippen molar-refractivity contribution in [2.45, 2.75) is 12.5 Å². The number of para-hydroxylation sites is 1. The summed E-state index contributed by atoms with van der Waals surface area (Å²) in [6, 6.07) is 19.0. The van der Waals surface area contributed by atoms with E-state index in [-0.39, 0.29) is 12.4 Å². The van der Waals surface area contributed by atoms with Crippen molar-refractivity contribution in [3.05, 3.63) is 83.6 Å². The van der Waals surface area contributed by atoms with E-state index < -0.39 is 11.7 Å². The van der Waals surface area contributed by atoms with Gasteiger partial charge in [0.05, 0.1) is 17.3 Å². The molecule has 26 heavy (non-hydrogen) atoms. The number of hydrogen-bond donors (Lipinski definition) is 0. The van der Waals surface area contributed by atoms with Gasteiger partial charge >= 0.3 is 0 Å². The fraction of sp³-hybridized carbons (Fsp3) is 0.100. The number of pyridine rings is 1. The highest BCUT2D eigenvalue weighted by molar-refractivity contribution is 6.00. The van der Waals surface area contributed by atoms with Crippen molar-refractivity contribution < 1.29 is 13.9 Å². The molecule has 0 saturated carbocycles. The second kappa shape index (κ2) is 7.78. The van der Waals surface area contributed by atoms with E-state index in [1.807, 2.05) is 12.1 Å². The molecule has 126 valence electrons. The zero-order chi connectivity index (χ0) is 18.4. The van der Waals surface area contributed by atoms with Crippen LogP contribution in [0, 0.1) is 22.7 Å². The lowest BCUT2D eigenvalue weighted by atomic mass is 9.99. The quantitative estimate of drug-likeness (QED) is 0.634. The third-order valence-corrected chi connectivity index (χ3v) is 3.66. The minimum Gasteiger partial charge on any atom is -0.484 e. The topological polar surface area (TPSA) is 99.9 Å². The van der Waals surface area contributed by atoms with Crippen LogP contribution < -0.4 is 4.74 Å². The number of benzene rings is 1. The highest BCUT2D eigenvalue weighted by Crippen LogP contribution is 2.22. The molecule has 0 unspecified atom stereocenters. The lowest BCUT2D eigenvalue weighted by Crippen LogP contribution is -2.11. The number of rotatable bonds is 6. The molecular formula is C20H13N3O3. The van der Waals surface area contributed by atoms with Crippen LogP contribution >= 0.6 is 0 Å². The molecule has 0 N–H and O–H groups in total. The van der Waals surface area contributed by atoms with Gasteiger partial charge in [-0.05, 0) is 36.4 Å². The van der Waals surface area contributed by atoms with E-state index in [2.05, 4.69) is 4.98 Å². The summed E-state index contributed by atoms with van der Waals surface area (Å²) in [4.78, 5) is 16.6. The summed E-state index contributed by atoms with van der Waals surface area (Å²) in [5.74, 6) is -0.582. The number of carbonyl (C=O) groups excluding carboxylic acids is 1. The van der Waals surface area contributed by atoms with Crippen molar-refractivity contribution in [1.29, 1.82) is 10.5 Å². The van der Waals surface area contributed by atoms with Crippen molar-refractivity contribution >= 4 is 5.78 Å². The molecule has 0 aliphatic carbocycles. The van der Waals surface area contributed by atoms with Gasteiger partial charge in [-0.25, -0.2) is 0 Å². The molecule has 0 saturated heterocycles. The van der Waals surface area contributed by atoms with Crippen molar-refractivity contribution in [3.8, 4) is 17.9 Å². The number of Topliss-reactive ketones (excluding diaryl/α,β-unsaturated/α-hetero) is 1. The van der Waals surface area contributed by atoms with Crippen LogP contribution in [-0.4, -0.2) is 10.8 Å². The first-order valence-electron chi connectivity index (χ1n) is 7.78. The van der Waals surface area contributed by atoms with E-state index >= 15 is 0 Å². The highest BCUT2D eigenvalue weighted by atomic mass is 16.5. The third kappa shape index (κ3) is 3.61. The summed E-state index contributed by atoms with van der Waals surface area (Å²) < 4.78 is 11.1.